The molecule has 0 aliphatic rings. The predicted octanol–water partition coefficient (Wildman–Crippen LogP) is 0.0876. The molecule has 1 heterocycles. The Labute approximate surface area is 126 Å². The Bertz CT molecular complexity index is 643. The van der Waals surface area contributed by atoms with Gasteiger partial charge in [-0.1, -0.05) is 6.07 Å². The topological polar surface area (TPSA) is 125 Å². The van der Waals surface area contributed by atoms with Crippen molar-refractivity contribution in [1.29, 1.82) is 0 Å². The van der Waals surface area contributed by atoms with Gasteiger partial charge in [-0.2, -0.15) is 4.98 Å². The van der Waals surface area contributed by atoms with E-state index in [2.05, 4.69) is 15.4 Å². The summed E-state index contributed by atoms with van der Waals surface area (Å²) in [5.41, 5.74) is 6.06. The molecule has 1 amide bonds. The molecule has 0 bridgehead atoms. The van der Waals surface area contributed by atoms with Gasteiger partial charge in [-0.15, -0.1) is 5.10 Å². The molecule has 0 atom stereocenters. The molecule has 0 saturated heterocycles. The van der Waals surface area contributed by atoms with E-state index in [1.165, 1.54) is 11.8 Å². The van der Waals surface area contributed by atoms with Gasteiger partial charge in [0.2, 0.25) is 11.8 Å². The van der Waals surface area contributed by atoms with Crippen molar-refractivity contribution in [2.24, 2.45) is 0 Å². The fourth-order valence-electron chi connectivity index (χ4n) is 1.72. The summed E-state index contributed by atoms with van der Waals surface area (Å²) in [5, 5.41) is 15.2. The Morgan fingerprint density at radius 2 is 2.32 bits per heavy atom. The number of carbonyl (C=O) groups is 1. The van der Waals surface area contributed by atoms with E-state index in [0.29, 0.717) is 11.4 Å². The number of aromatic nitrogens is 3. The zero-order valence-electron chi connectivity index (χ0n) is 12.0. The van der Waals surface area contributed by atoms with E-state index in [1.807, 2.05) is 0 Å². The normalized spacial score (nSPS) is 10.5. The number of carbonyl (C=O) groups excluding carboxylic acids is 1. The number of methoxy groups -OCH3 is 1. The molecule has 9 heteroatoms. The van der Waals surface area contributed by atoms with E-state index >= 15 is 0 Å². The molecule has 0 fully saturated rings. The zero-order valence-corrected chi connectivity index (χ0v) is 12.0. The van der Waals surface area contributed by atoms with Crippen LogP contribution in [0.3, 0.4) is 0 Å². The van der Waals surface area contributed by atoms with Crippen molar-refractivity contribution >= 4 is 17.5 Å². The highest BCUT2D eigenvalue weighted by atomic mass is 16.5. The van der Waals surface area contributed by atoms with Crippen molar-refractivity contribution in [1.82, 2.24) is 14.8 Å². The smallest absolute Gasteiger partial charge is 0.293 e. The number of amides is 1. The molecule has 1 aromatic carbocycles. The maximum atomic E-state index is 12.2. The molecule has 0 saturated carbocycles. The lowest BCUT2D eigenvalue weighted by molar-refractivity contribution is 0.0401. The second-order valence-electron chi connectivity index (χ2n) is 4.24. The van der Waals surface area contributed by atoms with Crippen LogP contribution in [-0.2, 0) is 11.5 Å². The van der Waals surface area contributed by atoms with Gasteiger partial charge in [-0.3, -0.25) is 4.79 Å². The summed E-state index contributed by atoms with van der Waals surface area (Å²) in [6.07, 6.45) is 0. The fourth-order valence-corrected chi connectivity index (χ4v) is 1.72. The third kappa shape index (κ3) is 3.93. The lowest BCUT2D eigenvalue weighted by atomic mass is 10.3. The Morgan fingerprint density at radius 1 is 1.50 bits per heavy atom. The Morgan fingerprint density at radius 3 is 3.05 bits per heavy atom. The molecular weight excluding hydrogens is 290 g/mol. The molecule has 22 heavy (non-hydrogen) atoms. The minimum atomic E-state index is -0.481. The summed E-state index contributed by atoms with van der Waals surface area (Å²) in [6.45, 7) is -0.0438. The van der Waals surface area contributed by atoms with Crippen molar-refractivity contribution in [3.05, 3.63) is 30.1 Å². The molecule has 4 N–H and O–H groups in total. The third-order valence-electron chi connectivity index (χ3n) is 2.67. The van der Waals surface area contributed by atoms with Crippen LogP contribution in [0.4, 0.5) is 11.6 Å². The average molecular weight is 307 g/mol. The van der Waals surface area contributed by atoms with Crippen LogP contribution in [0.1, 0.15) is 10.6 Å². The first-order valence-electron chi connectivity index (χ1n) is 6.48. The first-order valence-corrected chi connectivity index (χ1v) is 6.48. The Balaban J connectivity index is 2.11. The number of nitrogen functional groups attached to an aromatic ring is 1. The third-order valence-corrected chi connectivity index (χ3v) is 2.67. The van der Waals surface area contributed by atoms with Crippen LogP contribution < -0.4 is 15.8 Å². The van der Waals surface area contributed by atoms with Gasteiger partial charge in [0, 0.05) is 11.8 Å². The number of hydrogen-bond donors (Lipinski definition) is 3. The van der Waals surface area contributed by atoms with Crippen molar-refractivity contribution in [2.75, 3.05) is 31.4 Å². The van der Waals surface area contributed by atoms with Gasteiger partial charge in [-0.05, 0) is 12.1 Å². The molecular formula is C13H17N5O4. The first-order chi connectivity index (χ1) is 10.6. The average Bonchev–Trinajstić information content (AvgIpc) is 2.89. The summed E-state index contributed by atoms with van der Waals surface area (Å²) in [7, 11) is 1.54. The summed E-state index contributed by atoms with van der Waals surface area (Å²) in [4.78, 5) is 16.1. The largest absolute Gasteiger partial charge is 0.497 e. The molecule has 2 aromatic rings. The summed E-state index contributed by atoms with van der Waals surface area (Å²) < 4.78 is 11.4. The van der Waals surface area contributed by atoms with Gasteiger partial charge < -0.3 is 25.6 Å². The predicted molar refractivity (Wildman–Crippen MR) is 78.4 cm³/mol. The molecule has 0 radical (unpaired) electrons. The van der Waals surface area contributed by atoms with Crippen LogP contribution in [0.5, 0.6) is 5.75 Å². The second-order valence-corrected chi connectivity index (χ2v) is 4.24. The highest BCUT2D eigenvalue weighted by molar-refractivity contribution is 6.01. The number of anilines is 2. The van der Waals surface area contributed by atoms with Crippen molar-refractivity contribution < 1.29 is 19.4 Å². The lowest BCUT2D eigenvalue weighted by Crippen LogP contribution is -2.20. The Kier molecular flexibility index (Phi) is 5.28. The minimum absolute atomic E-state index is 0.0123. The van der Waals surface area contributed by atoms with Gasteiger partial charge in [0.25, 0.3) is 5.91 Å². The molecule has 118 valence electrons. The lowest BCUT2D eigenvalue weighted by Gasteiger charge is -2.08. The number of nitrogens with one attached hydrogen (secondary N) is 1. The molecule has 0 aliphatic heterocycles. The fraction of sp³-hybridized carbons (Fsp3) is 0.308. The Hall–Kier alpha value is -2.65. The van der Waals surface area contributed by atoms with Crippen LogP contribution in [0.25, 0.3) is 0 Å². The van der Waals surface area contributed by atoms with Crippen LogP contribution >= 0.6 is 0 Å². The quantitative estimate of drug-likeness (QED) is 0.619. The highest BCUT2D eigenvalue weighted by Crippen LogP contribution is 2.17. The molecule has 2 rings (SSSR count). The van der Waals surface area contributed by atoms with E-state index in [9.17, 15) is 4.79 Å². The van der Waals surface area contributed by atoms with Gasteiger partial charge in [0.1, 0.15) is 12.5 Å². The summed E-state index contributed by atoms with van der Waals surface area (Å²) in [6, 6.07) is 6.90. The summed E-state index contributed by atoms with van der Waals surface area (Å²) >= 11 is 0. The van der Waals surface area contributed by atoms with Gasteiger partial charge >= 0.3 is 0 Å². The minimum Gasteiger partial charge on any atom is -0.497 e. The van der Waals surface area contributed by atoms with E-state index in [-0.39, 0.29) is 31.7 Å². The number of nitrogens with two attached hydrogens (primary N) is 1. The number of ether oxygens (including phenoxy) is 2. The van der Waals surface area contributed by atoms with Crippen molar-refractivity contribution in [3.63, 3.8) is 0 Å². The SMILES string of the molecule is COc1cccc(NC(=O)c2nc(N)nn2COCCO)c1. The van der Waals surface area contributed by atoms with E-state index < -0.39 is 5.91 Å². The monoisotopic (exact) mass is 307 g/mol. The standard InChI is InChI=1S/C13H17N5O4/c1-21-10-4-2-3-9(7-10)15-12(20)11-16-13(14)17-18(11)8-22-6-5-19/h2-4,7,19H,5-6,8H2,1H3,(H2,14,17)(H,15,20). The molecule has 0 unspecified atom stereocenters. The molecule has 0 aliphatic carbocycles. The van der Waals surface area contributed by atoms with Crippen LogP contribution in [-0.4, -0.2) is 46.1 Å². The molecule has 9 nitrogen and oxygen atoms in total. The van der Waals surface area contributed by atoms with Gasteiger partial charge in [0.15, 0.2) is 0 Å². The number of benzene rings is 1. The number of rotatable bonds is 7. The second kappa shape index (κ2) is 7.38. The molecule has 1 aromatic heterocycles. The van der Waals surface area contributed by atoms with E-state index in [1.54, 1.807) is 24.3 Å². The maximum absolute atomic E-state index is 12.2. The van der Waals surface area contributed by atoms with Crippen LogP contribution in [0.15, 0.2) is 24.3 Å². The number of hydrogen-bond acceptors (Lipinski definition) is 7. The van der Waals surface area contributed by atoms with Crippen LogP contribution in [0, 0.1) is 0 Å². The summed E-state index contributed by atoms with van der Waals surface area (Å²) in [5.74, 6) is 0.108. The van der Waals surface area contributed by atoms with Crippen molar-refractivity contribution in [2.45, 2.75) is 6.73 Å². The van der Waals surface area contributed by atoms with Crippen LogP contribution in [0.2, 0.25) is 0 Å². The van der Waals surface area contributed by atoms with E-state index in [4.69, 9.17) is 20.3 Å². The zero-order chi connectivity index (χ0) is 15.9. The van der Waals surface area contributed by atoms with Gasteiger partial charge in [0.05, 0.1) is 20.3 Å². The maximum Gasteiger partial charge on any atom is 0.293 e. The molecule has 0 spiro atoms. The van der Waals surface area contributed by atoms with Gasteiger partial charge in [-0.25, -0.2) is 4.68 Å². The number of aliphatic hydroxyl groups is 1. The van der Waals surface area contributed by atoms with E-state index in [0.717, 1.165) is 0 Å². The first kappa shape index (κ1) is 15.7. The highest BCUT2D eigenvalue weighted by Gasteiger charge is 2.17. The number of aliphatic hydroxyl groups excluding tert-OH is 1. The number of nitrogens with zero attached hydrogens (tertiary/aromatic N) is 3. The van der Waals surface area contributed by atoms with Crippen molar-refractivity contribution in [3.8, 4) is 5.75 Å².